The van der Waals surface area contributed by atoms with E-state index in [1.807, 2.05) is 42.5 Å². The van der Waals surface area contributed by atoms with Gasteiger partial charge in [0.2, 0.25) is 0 Å². The average molecular weight is 319 g/mol. The van der Waals surface area contributed by atoms with Gasteiger partial charge in [-0.05, 0) is 49.1 Å². The summed E-state index contributed by atoms with van der Waals surface area (Å²) < 4.78 is 0. The molecule has 0 aliphatic carbocycles. The van der Waals surface area contributed by atoms with Crippen LogP contribution in [0.1, 0.15) is 41.6 Å². The molecule has 0 aliphatic heterocycles. The number of carbonyl (C=O) groups is 1. The molecule has 0 fully saturated rings. The molecule has 0 bridgehead atoms. The van der Waals surface area contributed by atoms with Crippen LogP contribution in [0.25, 0.3) is 6.08 Å². The van der Waals surface area contributed by atoms with Gasteiger partial charge < -0.3 is 5.32 Å². The lowest BCUT2D eigenvalue weighted by molar-refractivity contribution is 0.112. The number of allylic oxidation sites excluding steroid dienone is 3. The second kappa shape index (κ2) is 11.0. The number of aldehydes is 1. The zero-order valence-corrected chi connectivity index (χ0v) is 14.0. The summed E-state index contributed by atoms with van der Waals surface area (Å²) in [4.78, 5) is 10.6. The Bertz CT molecular complexity index is 641. The third-order valence-corrected chi connectivity index (χ3v) is 3.76. The van der Waals surface area contributed by atoms with Crippen molar-refractivity contribution in [3.8, 4) is 0 Å². The molecule has 0 saturated carbocycles. The molecule has 0 atom stereocenters. The maximum Gasteiger partial charge on any atom is 0.150 e. The molecule has 124 valence electrons. The minimum Gasteiger partial charge on any atom is -0.385 e. The van der Waals surface area contributed by atoms with Gasteiger partial charge in [-0.1, -0.05) is 61.1 Å². The maximum absolute atomic E-state index is 10.6. The van der Waals surface area contributed by atoms with E-state index in [4.69, 9.17) is 0 Å². The van der Waals surface area contributed by atoms with Gasteiger partial charge in [0.15, 0.2) is 0 Å². The van der Waals surface area contributed by atoms with Crippen LogP contribution in [0, 0.1) is 0 Å². The fourth-order valence-electron chi connectivity index (χ4n) is 2.38. The molecule has 0 spiro atoms. The van der Waals surface area contributed by atoms with E-state index in [2.05, 4.69) is 41.8 Å². The monoisotopic (exact) mass is 319 g/mol. The number of unbranched alkanes of at least 4 members (excludes halogenated alkanes) is 3. The highest BCUT2D eigenvalue weighted by molar-refractivity contribution is 5.75. The van der Waals surface area contributed by atoms with E-state index in [-0.39, 0.29) is 0 Å². The Morgan fingerprint density at radius 1 is 0.792 bits per heavy atom. The molecule has 2 aromatic rings. The van der Waals surface area contributed by atoms with E-state index in [0.29, 0.717) is 5.56 Å². The number of benzene rings is 2. The van der Waals surface area contributed by atoms with Crippen LogP contribution in [0.5, 0.6) is 0 Å². The van der Waals surface area contributed by atoms with Gasteiger partial charge in [0, 0.05) is 17.8 Å². The van der Waals surface area contributed by atoms with Gasteiger partial charge in [-0.2, -0.15) is 0 Å². The van der Waals surface area contributed by atoms with Gasteiger partial charge in [-0.15, -0.1) is 0 Å². The molecule has 0 saturated heterocycles. The zero-order chi connectivity index (χ0) is 16.9. The lowest BCUT2D eigenvalue weighted by atomic mass is 10.1. The first kappa shape index (κ1) is 17.7. The smallest absolute Gasteiger partial charge is 0.150 e. The minimum atomic E-state index is 0.716. The molecule has 2 rings (SSSR count). The van der Waals surface area contributed by atoms with E-state index in [1.165, 1.54) is 18.4 Å². The molecule has 24 heavy (non-hydrogen) atoms. The van der Waals surface area contributed by atoms with Crippen molar-refractivity contribution in [2.24, 2.45) is 0 Å². The first-order valence-corrected chi connectivity index (χ1v) is 8.56. The van der Waals surface area contributed by atoms with Gasteiger partial charge in [-0.3, -0.25) is 4.79 Å². The Balaban J connectivity index is 1.51. The van der Waals surface area contributed by atoms with Crippen molar-refractivity contribution in [1.29, 1.82) is 0 Å². The lowest BCUT2D eigenvalue weighted by Gasteiger charge is -2.05. The SMILES string of the molecule is O=Cc1ccc(NCCCCCC=CC=Cc2ccccc2)cc1. The van der Waals surface area contributed by atoms with Crippen molar-refractivity contribution < 1.29 is 4.79 Å². The van der Waals surface area contributed by atoms with Crippen LogP contribution in [0.2, 0.25) is 0 Å². The van der Waals surface area contributed by atoms with Crippen molar-refractivity contribution >= 4 is 18.0 Å². The van der Waals surface area contributed by atoms with Crippen LogP contribution in [0.3, 0.4) is 0 Å². The van der Waals surface area contributed by atoms with Crippen molar-refractivity contribution in [3.05, 3.63) is 84.0 Å². The Kier molecular flexibility index (Phi) is 8.14. The van der Waals surface area contributed by atoms with E-state index >= 15 is 0 Å². The van der Waals surface area contributed by atoms with Gasteiger partial charge in [0.05, 0.1) is 0 Å². The van der Waals surface area contributed by atoms with Crippen molar-refractivity contribution in [1.82, 2.24) is 0 Å². The summed E-state index contributed by atoms with van der Waals surface area (Å²) in [5.41, 5.74) is 3.02. The molecule has 0 amide bonds. The number of anilines is 1. The quantitative estimate of drug-likeness (QED) is 0.343. The van der Waals surface area contributed by atoms with Gasteiger partial charge in [-0.25, -0.2) is 0 Å². The standard InChI is InChI=1S/C22H25NO/c24-19-21-14-16-22(17-15-21)23-18-10-5-3-1-2-4-7-11-20-12-8-6-9-13-20/h2,4,6-9,11-17,19,23H,1,3,5,10,18H2. The summed E-state index contributed by atoms with van der Waals surface area (Å²) in [7, 11) is 0. The van der Waals surface area contributed by atoms with Crippen LogP contribution in [-0.4, -0.2) is 12.8 Å². The van der Waals surface area contributed by atoms with E-state index in [0.717, 1.165) is 31.4 Å². The summed E-state index contributed by atoms with van der Waals surface area (Å²) in [5.74, 6) is 0. The number of hydrogen-bond donors (Lipinski definition) is 1. The highest BCUT2D eigenvalue weighted by Gasteiger charge is 1.93. The third kappa shape index (κ3) is 7.10. The van der Waals surface area contributed by atoms with Gasteiger partial charge >= 0.3 is 0 Å². The Labute approximate surface area is 144 Å². The van der Waals surface area contributed by atoms with Crippen LogP contribution in [-0.2, 0) is 0 Å². The fourth-order valence-corrected chi connectivity index (χ4v) is 2.38. The molecular weight excluding hydrogens is 294 g/mol. The minimum absolute atomic E-state index is 0.716. The second-order valence-corrected chi connectivity index (χ2v) is 5.71. The van der Waals surface area contributed by atoms with E-state index < -0.39 is 0 Å². The highest BCUT2D eigenvalue weighted by Crippen LogP contribution is 2.09. The van der Waals surface area contributed by atoms with Crippen molar-refractivity contribution in [2.45, 2.75) is 25.7 Å². The Morgan fingerprint density at radius 3 is 2.33 bits per heavy atom. The molecule has 2 heteroatoms. The van der Waals surface area contributed by atoms with Crippen LogP contribution >= 0.6 is 0 Å². The average Bonchev–Trinajstić information content (AvgIpc) is 2.64. The molecule has 0 unspecified atom stereocenters. The summed E-state index contributed by atoms with van der Waals surface area (Å²) in [6.45, 7) is 0.970. The normalized spacial score (nSPS) is 11.2. The molecule has 0 aliphatic rings. The maximum atomic E-state index is 10.6. The lowest BCUT2D eigenvalue weighted by Crippen LogP contribution is -2.01. The van der Waals surface area contributed by atoms with Crippen molar-refractivity contribution in [3.63, 3.8) is 0 Å². The zero-order valence-electron chi connectivity index (χ0n) is 14.0. The van der Waals surface area contributed by atoms with E-state index in [1.54, 1.807) is 0 Å². The summed E-state index contributed by atoms with van der Waals surface area (Å²) in [6.07, 6.45) is 14.1. The van der Waals surface area contributed by atoms with Crippen LogP contribution < -0.4 is 5.32 Å². The van der Waals surface area contributed by atoms with Gasteiger partial charge in [0.25, 0.3) is 0 Å². The largest absolute Gasteiger partial charge is 0.385 e. The molecule has 0 heterocycles. The Hall–Kier alpha value is -2.61. The topological polar surface area (TPSA) is 29.1 Å². The van der Waals surface area contributed by atoms with Crippen LogP contribution in [0.4, 0.5) is 5.69 Å². The highest BCUT2D eigenvalue weighted by atomic mass is 16.1. The number of rotatable bonds is 10. The summed E-state index contributed by atoms with van der Waals surface area (Å²) in [6, 6.07) is 17.9. The molecule has 1 N–H and O–H groups in total. The first-order chi connectivity index (χ1) is 11.9. The van der Waals surface area contributed by atoms with Gasteiger partial charge in [0.1, 0.15) is 6.29 Å². The first-order valence-electron chi connectivity index (χ1n) is 8.56. The number of hydrogen-bond acceptors (Lipinski definition) is 2. The fraction of sp³-hybridized carbons (Fsp3) is 0.227. The summed E-state index contributed by atoms with van der Waals surface area (Å²) in [5, 5.41) is 3.38. The summed E-state index contributed by atoms with van der Waals surface area (Å²) >= 11 is 0. The van der Waals surface area contributed by atoms with Crippen LogP contribution in [0.15, 0.2) is 72.8 Å². The number of nitrogens with one attached hydrogen (secondary N) is 1. The molecular formula is C22H25NO. The predicted molar refractivity (Wildman–Crippen MR) is 103 cm³/mol. The van der Waals surface area contributed by atoms with Crippen molar-refractivity contribution in [2.75, 3.05) is 11.9 Å². The Morgan fingerprint density at radius 2 is 1.58 bits per heavy atom. The second-order valence-electron chi connectivity index (χ2n) is 5.71. The number of carbonyl (C=O) groups excluding carboxylic acids is 1. The molecule has 0 aromatic heterocycles. The predicted octanol–water partition coefficient (Wildman–Crippen LogP) is 5.74. The molecule has 2 nitrogen and oxygen atoms in total. The third-order valence-electron chi connectivity index (χ3n) is 3.76. The molecule has 0 radical (unpaired) electrons. The molecule has 2 aromatic carbocycles. The van der Waals surface area contributed by atoms with E-state index in [9.17, 15) is 4.79 Å².